The van der Waals surface area contributed by atoms with Crippen LogP contribution in [0.25, 0.3) is 0 Å². The molecule has 1 atom stereocenters. The highest BCUT2D eigenvalue weighted by Crippen LogP contribution is 2.21. The molecule has 1 aromatic rings. The van der Waals surface area contributed by atoms with E-state index in [0.29, 0.717) is 0 Å². The summed E-state index contributed by atoms with van der Waals surface area (Å²) in [5, 5.41) is 6.26. The molecule has 5 heteroatoms. The van der Waals surface area contributed by atoms with Crippen molar-refractivity contribution in [1.82, 2.24) is 10.6 Å². The molecule has 0 aliphatic carbocycles. The van der Waals surface area contributed by atoms with E-state index in [-0.39, 0.29) is 12.1 Å². The molecule has 0 saturated carbocycles. The van der Waals surface area contributed by atoms with Gasteiger partial charge >= 0.3 is 6.09 Å². The summed E-state index contributed by atoms with van der Waals surface area (Å²) in [5.74, 6) is 0. The van der Waals surface area contributed by atoms with Crippen molar-refractivity contribution in [3.8, 4) is 0 Å². The first-order valence-electron chi connectivity index (χ1n) is 7.62. The van der Waals surface area contributed by atoms with Crippen LogP contribution in [-0.4, -0.2) is 38.9 Å². The molecule has 1 unspecified atom stereocenters. The molecule has 0 aromatic heterocycles. The van der Waals surface area contributed by atoms with E-state index in [1.807, 2.05) is 0 Å². The predicted molar refractivity (Wildman–Crippen MR) is 84.6 cm³/mol. The number of carbonyl (C=O) groups excluding carboxylic acids is 1. The zero-order chi connectivity index (χ0) is 15.1. The summed E-state index contributed by atoms with van der Waals surface area (Å²) in [6.07, 6.45) is 1.76. The van der Waals surface area contributed by atoms with Crippen molar-refractivity contribution in [2.24, 2.45) is 0 Å². The van der Waals surface area contributed by atoms with Crippen LogP contribution in [0.4, 0.5) is 10.5 Å². The first-order chi connectivity index (χ1) is 10.2. The molecule has 0 spiro atoms. The van der Waals surface area contributed by atoms with Crippen LogP contribution in [0.2, 0.25) is 0 Å². The third kappa shape index (κ3) is 4.63. The number of benzene rings is 1. The Morgan fingerprint density at radius 2 is 2.14 bits per heavy atom. The highest BCUT2D eigenvalue weighted by atomic mass is 16.5. The van der Waals surface area contributed by atoms with Crippen LogP contribution in [0, 0.1) is 0 Å². The lowest BCUT2D eigenvalue weighted by Gasteiger charge is -2.19. The molecular formula is C16H25N3O2. The lowest BCUT2D eigenvalue weighted by molar-refractivity contribution is 0.167. The van der Waals surface area contributed by atoms with Crippen LogP contribution in [0.3, 0.4) is 0 Å². The molecular weight excluding hydrogens is 266 g/mol. The normalized spacial score (nSPS) is 17.8. The minimum atomic E-state index is -0.348. The van der Waals surface area contributed by atoms with E-state index in [0.717, 1.165) is 39.0 Å². The topological polar surface area (TPSA) is 53.6 Å². The van der Waals surface area contributed by atoms with Gasteiger partial charge < -0.3 is 20.3 Å². The van der Waals surface area contributed by atoms with Crippen LogP contribution in [0.1, 0.15) is 25.3 Å². The van der Waals surface area contributed by atoms with Gasteiger partial charge in [0, 0.05) is 25.3 Å². The van der Waals surface area contributed by atoms with E-state index >= 15 is 0 Å². The van der Waals surface area contributed by atoms with Crippen LogP contribution >= 0.6 is 0 Å². The number of nitrogens with one attached hydrogen (secondary N) is 2. The number of nitrogens with zero attached hydrogens (tertiary/aromatic N) is 1. The summed E-state index contributed by atoms with van der Waals surface area (Å²) in [7, 11) is 1.40. The Morgan fingerprint density at radius 1 is 1.38 bits per heavy atom. The van der Waals surface area contributed by atoms with Crippen molar-refractivity contribution in [2.75, 3.05) is 31.6 Å². The summed E-state index contributed by atoms with van der Waals surface area (Å²) < 4.78 is 4.64. The quantitative estimate of drug-likeness (QED) is 0.788. The summed E-state index contributed by atoms with van der Waals surface area (Å²) in [4.78, 5) is 13.5. The van der Waals surface area contributed by atoms with Gasteiger partial charge in [-0.1, -0.05) is 19.1 Å². The molecule has 1 saturated heterocycles. The number of methoxy groups -OCH3 is 1. The monoisotopic (exact) mass is 291 g/mol. The Bertz CT molecular complexity index is 447. The second kappa shape index (κ2) is 7.88. The van der Waals surface area contributed by atoms with Gasteiger partial charge in [-0.3, -0.25) is 0 Å². The largest absolute Gasteiger partial charge is 0.453 e. The lowest BCUT2D eigenvalue weighted by atomic mass is 10.2. The van der Waals surface area contributed by atoms with Crippen molar-refractivity contribution in [1.29, 1.82) is 0 Å². The maximum Gasteiger partial charge on any atom is 0.407 e. The predicted octanol–water partition coefficient (Wildman–Crippen LogP) is 2.12. The van der Waals surface area contributed by atoms with Gasteiger partial charge in [0.1, 0.15) is 0 Å². The fourth-order valence-corrected chi connectivity index (χ4v) is 2.57. The lowest BCUT2D eigenvalue weighted by Crippen LogP contribution is -2.36. The molecule has 21 heavy (non-hydrogen) atoms. The molecule has 1 aromatic carbocycles. The maximum atomic E-state index is 11.2. The van der Waals surface area contributed by atoms with Gasteiger partial charge in [-0.15, -0.1) is 0 Å². The van der Waals surface area contributed by atoms with Crippen LogP contribution in [0.5, 0.6) is 0 Å². The first-order valence-corrected chi connectivity index (χ1v) is 7.62. The van der Waals surface area contributed by atoms with E-state index in [1.165, 1.54) is 18.4 Å². The maximum absolute atomic E-state index is 11.2. The minimum Gasteiger partial charge on any atom is -0.453 e. The van der Waals surface area contributed by atoms with E-state index in [1.54, 1.807) is 0 Å². The second-order valence-electron chi connectivity index (χ2n) is 5.41. The van der Waals surface area contributed by atoms with Crippen LogP contribution in [-0.2, 0) is 11.3 Å². The van der Waals surface area contributed by atoms with Gasteiger partial charge in [0.15, 0.2) is 0 Å². The average Bonchev–Trinajstić information content (AvgIpc) is 2.96. The summed E-state index contributed by atoms with van der Waals surface area (Å²) in [6.45, 7) is 5.93. The number of hydrogen-bond donors (Lipinski definition) is 2. The fourth-order valence-electron chi connectivity index (χ4n) is 2.57. The number of ether oxygens (including phenoxy) is 1. The number of anilines is 1. The van der Waals surface area contributed by atoms with Crippen molar-refractivity contribution in [3.63, 3.8) is 0 Å². The van der Waals surface area contributed by atoms with E-state index in [9.17, 15) is 4.79 Å². The third-order valence-electron chi connectivity index (χ3n) is 3.75. The standard InChI is InChI=1S/C16H25N3O2/c1-3-9-17-11-13-4-6-15(7-5-13)19-10-8-14(12-19)18-16(20)21-2/h4-7,14,17H,3,8-12H2,1-2H3,(H,18,20). The molecule has 0 bridgehead atoms. The van der Waals surface area contributed by atoms with E-state index in [2.05, 4.69) is 51.5 Å². The van der Waals surface area contributed by atoms with Gasteiger partial charge in [-0.05, 0) is 37.1 Å². The van der Waals surface area contributed by atoms with Crippen molar-refractivity contribution in [3.05, 3.63) is 29.8 Å². The average molecular weight is 291 g/mol. The summed E-state index contributed by atoms with van der Waals surface area (Å²) in [5.41, 5.74) is 2.51. The SMILES string of the molecule is CCCNCc1ccc(N2CCC(NC(=O)OC)C2)cc1. The second-order valence-corrected chi connectivity index (χ2v) is 5.41. The Labute approximate surface area is 126 Å². The van der Waals surface area contributed by atoms with Gasteiger partial charge in [-0.2, -0.15) is 0 Å². The molecule has 1 heterocycles. The minimum absolute atomic E-state index is 0.170. The highest BCUT2D eigenvalue weighted by Gasteiger charge is 2.24. The van der Waals surface area contributed by atoms with Crippen LogP contribution in [0.15, 0.2) is 24.3 Å². The zero-order valence-electron chi connectivity index (χ0n) is 12.9. The van der Waals surface area contributed by atoms with Crippen molar-refractivity contribution >= 4 is 11.8 Å². The Morgan fingerprint density at radius 3 is 2.81 bits per heavy atom. The Kier molecular flexibility index (Phi) is 5.87. The highest BCUT2D eigenvalue weighted by molar-refractivity contribution is 5.67. The third-order valence-corrected chi connectivity index (χ3v) is 3.75. The summed E-state index contributed by atoms with van der Waals surface area (Å²) in [6, 6.07) is 8.81. The smallest absolute Gasteiger partial charge is 0.407 e. The van der Waals surface area contributed by atoms with E-state index < -0.39 is 0 Å². The first kappa shape index (κ1) is 15.6. The molecule has 2 rings (SSSR count). The molecule has 1 aliphatic rings. The number of amides is 1. The van der Waals surface area contributed by atoms with Crippen molar-refractivity contribution in [2.45, 2.75) is 32.4 Å². The Balaban J connectivity index is 1.84. The zero-order valence-corrected chi connectivity index (χ0v) is 12.9. The molecule has 2 N–H and O–H groups in total. The van der Waals surface area contributed by atoms with Gasteiger partial charge in [0.25, 0.3) is 0 Å². The fraction of sp³-hybridized carbons (Fsp3) is 0.562. The van der Waals surface area contributed by atoms with Gasteiger partial charge in [0.05, 0.1) is 13.2 Å². The Hall–Kier alpha value is -1.75. The molecule has 1 amide bonds. The summed E-state index contributed by atoms with van der Waals surface area (Å²) >= 11 is 0. The number of hydrogen-bond acceptors (Lipinski definition) is 4. The van der Waals surface area contributed by atoms with Gasteiger partial charge in [0.2, 0.25) is 0 Å². The number of rotatable bonds is 6. The van der Waals surface area contributed by atoms with Crippen LogP contribution < -0.4 is 15.5 Å². The molecule has 1 fully saturated rings. The van der Waals surface area contributed by atoms with E-state index in [4.69, 9.17) is 0 Å². The molecule has 0 radical (unpaired) electrons. The molecule has 116 valence electrons. The molecule has 5 nitrogen and oxygen atoms in total. The van der Waals surface area contributed by atoms with Gasteiger partial charge in [-0.25, -0.2) is 4.79 Å². The number of alkyl carbamates (subject to hydrolysis) is 1. The molecule has 1 aliphatic heterocycles. The number of carbonyl (C=O) groups is 1. The van der Waals surface area contributed by atoms with Crippen molar-refractivity contribution < 1.29 is 9.53 Å².